The maximum absolute atomic E-state index is 11.7. The lowest BCUT2D eigenvalue weighted by Gasteiger charge is -2.07. The van der Waals surface area contributed by atoms with Crippen molar-refractivity contribution < 1.29 is 4.79 Å². The molecule has 1 N–H and O–H groups in total. The minimum atomic E-state index is -0.222. The van der Waals surface area contributed by atoms with E-state index in [1.165, 1.54) is 11.8 Å². The fourth-order valence-electron chi connectivity index (χ4n) is 1.40. The maximum atomic E-state index is 11.7. The van der Waals surface area contributed by atoms with Gasteiger partial charge in [0.1, 0.15) is 0 Å². The summed E-state index contributed by atoms with van der Waals surface area (Å²) in [5.41, 5.74) is 3.37. The van der Waals surface area contributed by atoms with Crippen LogP contribution in [-0.4, -0.2) is 14.7 Å². The van der Waals surface area contributed by atoms with Crippen LogP contribution in [0, 0.1) is 13.8 Å². The average molecular weight is 233 g/mol. The second-order valence-electron chi connectivity index (χ2n) is 3.57. The summed E-state index contributed by atoms with van der Waals surface area (Å²) in [6.45, 7) is 3.98. The molecule has 1 amide bonds. The van der Waals surface area contributed by atoms with E-state index in [-0.39, 0.29) is 5.91 Å². The molecule has 0 bridgehead atoms. The Morgan fingerprint density at radius 2 is 2.19 bits per heavy atom. The highest BCUT2D eigenvalue weighted by Crippen LogP contribution is 2.16. The number of aryl methyl sites for hydroxylation is 2. The van der Waals surface area contributed by atoms with Gasteiger partial charge in [-0.05, 0) is 25.5 Å². The van der Waals surface area contributed by atoms with E-state index in [0.29, 0.717) is 5.69 Å². The van der Waals surface area contributed by atoms with E-state index in [4.69, 9.17) is 0 Å². The van der Waals surface area contributed by atoms with E-state index in [1.807, 2.05) is 32.0 Å². The number of rotatable bonds is 2. The van der Waals surface area contributed by atoms with E-state index in [0.717, 1.165) is 23.0 Å². The molecule has 2 rings (SSSR count). The summed E-state index contributed by atoms with van der Waals surface area (Å²) in [6, 6.07) is 5.87. The van der Waals surface area contributed by atoms with Gasteiger partial charge in [0.25, 0.3) is 5.91 Å². The first-order valence-corrected chi connectivity index (χ1v) is 5.56. The van der Waals surface area contributed by atoms with Gasteiger partial charge in [-0.2, -0.15) is 8.75 Å². The number of anilines is 1. The van der Waals surface area contributed by atoms with E-state index < -0.39 is 0 Å². The van der Waals surface area contributed by atoms with Gasteiger partial charge in [0, 0.05) is 5.69 Å². The Morgan fingerprint density at radius 1 is 1.38 bits per heavy atom. The number of carbonyl (C=O) groups excluding carboxylic acids is 1. The van der Waals surface area contributed by atoms with Crippen molar-refractivity contribution in [2.45, 2.75) is 13.8 Å². The van der Waals surface area contributed by atoms with Gasteiger partial charge in [-0.3, -0.25) is 4.79 Å². The van der Waals surface area contributed by atoms with E-state index in [2.05, 4.69) is 14.1 Å². The Labute approximate surface area is 97.7 Å². The number of amides is 1. The molecule has 0 radical (unpaired) electrons. The van der Waals surface area contributed by atoms with Crippen molar-refractivity contribution in [1.29, 1.82) is 0 Å². The molecule has 0 saturated heterocycles. The lowest BCUT2D eigenvalue weighted by molar-refractivity contribution is 0.102. The molecule has 0 aliphatic carbocycles. The molecule has 0 aliphatic heterocycles. The van der Waals surface area contributed by atoms with Crippen molar-refractivity contribution in [3.63, 3.8) is 0 Å². The molecular formula is C11H11N3OS. The number of carbonyl (C=O) groups is 1. The minimum absolute atomic E-state index is 0.222. The molecule has 0 unspecified atom stereocenters. The normalized spacial score (nSPS) is 10.1. The first-order chi connectivity index (χ1) is 7.66. The predicted molar refractivity (Wildman–Crippen MR) is 63.8 cm³/mol. The van der Waals surface area contributed by atoms with Gasteiger partial charge in [-0.1, -0.05) is 17.7 Å². The number of hydrogen-bond donors (Lipinski definition) is 1. The molecule has 1 aromatic carbocycles. The van der Waals surface area contributed by atoms with Crippen LogP contribution in [0.2, 0.25) is 0 Å². The molecule has 5 heteroatoms. The molecule has 0 aliphatic rings. The topological polar surface area (TPSA) is 54.9 Å². The number of nitrogens with zero attached hydrogens (tertiary/aromatic N) is 2. The molecule has 4 nitrogen and oxygen atoms in total. The Hall–Kier alpha value is -1.75. The smallest absolute Gasteiger partial charge is 0.277 e. The molecule has 1 aromatic heterocycles. The molecule has 0 atom stereocenters. The molecule has 0 saturated carbocycles. The van der Waals surface area contributed by atoms with Crippen LogP contribution in [0.3, 0.4) is 0 Å². The second-order valence-corrected chi connectivity index (χ2v) is 4.12. The van der Waals surface area contributed by atoms with Gasteiger partial charge in [0.05, 0.1) is 17.9 Å². The molecule has 0 spiro atoms. The summed E-state index contributed by atoms with van der Waals surface area (Å²) in [4.78, 5) is 11.7. The third-order valence-electron chi connectivity index (χ3n) is 2.22. The molecule has 82 valence electrons. The predicted octanol–water partition coefficient (Wildman–Crippen LogP) is 2.41. The van der Waals surface area contributed by atoms with Crippen LogP contribution in [0.5, 0.6) is 0 Å². The van der Waals surface area contributed by atoms with Crippen molar-refractivity contribution >= 4 is 23.3 Å². The van der Waals surface area contributed by atoms with E-state index in [9.17, 15) is 4.79 Å². The number of nitrogens with one attached hydrogen (secondary N) is 1. The monoisotopic (exact) mass is 233 g/mol. The largest absolute Gasteiger partial charge is 0.320 e. The van der Waals surface area contributed by atoms with E-state index in [1.54, 1.807) is 0 Å². The van der Waals surface area contributed by atoms with Crippen LogP contribution in [0.1, 0.15) is 21.6 Å². The molecule has 1 heterocycles. The highest BCUT2D eigenvalue weighted by Gasteiger charge is 2.09. The van der Waals surface area contributed by atoms with Crippen LogP contribution in [0.25, 0.3) is 0 Å². The second kappa shape index (κ2) is 4.40. The van der Waals surface area contributed by atoms with Crippen LogP contribution in [0.4, 0.5) is 5.69 Å². The Balaban J connectivity index is 2.18. The fourth-order valence-corrected chi connectivity index (χ4v) is 1.82. The summed E-state index contributed by atoms with van der Waals surface area (Å²) in [6.07, 6.45) is 1.46. The Morgan fingerprint density at radius 3 is 2.81 bits per heavy atom. The van der Waals surface area contributed by atoms with Crippen LogP contribution in [0.15, 0.2) is 24.4 Å². The van der Waals surface area contributed by atoms with E-state index >= 15 is 0 Å². The molecule has 0 fully saturated rings. The summed E-state index contributed by atoms with van der Waals surface area (Å²) in [5.74, 6) is -0.222. The molecule has 16 heavy (non-hydrogen) atoms. The first-order valence-electron chi connectivity index (χ1n) is 4.83. The number of hydrogen-bond acceptors (Lipinski definition) is 4. The Kier molecular flexibility index (Phi) is 2.96. The summed E-state index contributed by atoms with van der Waals surface area (Å²) in [5, 5.41) is 2.81. The van der Waals surface area contributed by atoms with Gasteiger partial charge in [-0.15, -0.1) is 0 Å². The van der Waals surface area contributed by atoms with Crippen LogP contribution in [-0.2, 0) is 0 Å². The zero-order valence-electron chi connectivity index (χ0n) is 9.02. The quantitative estimate of drug-likeness (QED) is 0.866. The lowest BCUT2D eigenvalue weighted by Crippen LogP contribution is -2.12. The van der Waals surface area contributed by atoms with Crippen LogP contribution < -0.4 is 5.32 Å². The fraction of sp³-hybridized carbons (Fsp3) is 0.182. The summed E-state index contributed by atoms with van der Waals surface area (Å²) in [7, 11) is 0. The SMILES string of the molecule is Cc1ccc(NC(=O)c2cnsn2)c(C)c1. The average Bonchev–Trinajstić information content (AvgIpc) is 2.75. The highest BCUT2D eigenvalue weighted by atomic mass is 32.1. The summed E-state index contributed by atoms with van der Waals surface area (Å²) < 4.78 is 7.67. The van der Waals surface area contributed by atoms with Gasteiger partial charge in [0.15, 0.2) is 5.69 Å². The minimum Gasteiger partial charge on any atom is -0.320 e. The number of aromatic nitrogens is 2. The molecular weight excluding hydrogens is 222 g/mol. The Bertz CT molecular complexity index is 508. The van der Waals surface area contributed by atoms with Gasteiger partial charge in [0.2, 0.25) is 0 Å². The highest BCUT2D eigenvalue weighted by molar-refractivity contribution is 6.99. The number of benzene rings is 1. The van der Waals surface area contributed by atoms with Crippen molar-refractivity contribution in [1.82, 2.24) is 8.75 Å². The van der Waals surface area contributed by atoms with Gasteiger partial charge >= 0.3 is 0 Å². The first kappa shape index (κ1) is 10.8. The van der Waals surface area contributed by atoms with Crippen molar-refractivity contribution in [3.05, 3.63) is 41.2 Å². The summed E-state index contributed by atoms with van der Waals surface area (Å²) >= 11 is 1.02. The molecule has 2 aromatic rings. The van der Waals surface area contributed by atoms with Gasteiger partial charge < -0.3 is 5.32 Å². The van der Waals surface area contributed by atoms with Crippen molar-refractivity contribution in [3.8, 4) is 0 Å². The van der Waals surface area contributed by atoms with Crippen molar-refractivity contribution in [2.24, 2.45) is 0 Å². The maximum Gasteiger partial charge on any atom is 0.277 e. The zero-order valence-corrected chi connectivity index (χ0v) is 9.84. The lowest BCUT2D eigenvalue weighted by atomic mass is 10.1. The third kappa shape index (κ3) is 2.25. The zero-order chi connectivity index (χ0) is 11.5. The van der Waals surface area contributed by atoms with Crippen LogP contribution >= 0.6 is 11.7 Å². The van der Waals surface area contributed by atoms with Gasteiger partial charge in [-0.25, -0.2) is 0 Å². The standard InChI is InChI=1S/C11H11N3OS/c1-7-3-4-9(8(2)5-7)13-11(15)10-6-12-16-14-10/h3-6H,1-2H3,(H,13,15). The third-order valence-corrected chi connectivity index (χ3v) is 2.70. The van der Waals surface area contributed by atoms with Crippen molar-refractivity contribution in [2.75, 3.05) is 5.32 Å².